The smallest absolute Gasteiger partial charge is 0.223 e. The molecule has 1 amide bonds. The van der Waals surface area contributed by atoms with E-state index in [0.29, 0.717) is 6.42 Å². The van der Waals surface area contributed by atoms with Crippen LogP contribution in [0.15, 0.2) is 28.7 Å². The lowest BCUT2D eigenvalue weighted by Gasteiger charge is -2.21. The highest BCUT2D eigenvalue weighted by Gasteiger charge is 2.20. The van der Waals surface area contributed by atoms with E-state index in [1.807, 2.05) is 38.1 Å². The maximum absolute atomic E-state index is 12.3. The third kappa shape index (κ3) is 5.25. The van der Waals surface area contributed by atoms with E-state index in [2.05, 4.69) is 21.2 Å². The van der Waals surface area contributed by atoms with Crippen LogP contribution in [0.3, 0.4) is 0 Å². The molecule has 1 aromatic rings. The number of aliphatic hydroxyl groups excluding tert-OH is 1. The molecular formula is C16H24BrNO2. The first-order chi connectivity index (χ1) is 9.62. The van der Waals surface area contributed by atoms with Gasteiger partial charge in [0.05, 0.1) is 0 Å². The van der Waals surface area contributed by atoms with Crippen LogP contribution in [0.2, 0.25) is 0 Å². The second-order valence-corrected chi connectivity index (χ2v) is 5.88. The van der Waals surface area contributed by atoms with Crippen LogP contribution in [0.5, 0.6) is 0 Å². The number of benzene rings is 1. The lowest BCUT2D eigenvalue weighted by atomic mass is 9.95. The van der Waals surface area contributed by atoms with Crippen LogP contribution in [0, 0.1) is 5.92 Å². The molecule has 0 aliphatic rings. The SMILES string of the molecule is CCC(CCO)NC(=O)C(CC)Cc1ccccc1Br. The molecule has 2 N–H and O–H groups in total. The molecule has 0 bridgehead atoms. The van der Waals surface area contributed by atoms with E-state index < -0.39 is 0 Å². The van der Waals surface area contributed by atoms with Gasteiger partial charge in [-0.25, -0.2) is 0 Å². The normalized spacial score (nSPS) is 13.8. The summed E-state index contributed by atoms with van der Waals surface area (Å²) in [5.74, 6) is 0.0602. The molecule has 112 valence electrons. The van der Waals surface area contributed by atoms with E-state index in [0.717, 1.165) is 29.3 Å². The average Bonchev–Trinajstić information content (AvgIpc) is 2.45. The summed E-state index contributed by atoms with van der Waals surface area (Å²) < 4.78 is 1.05. The zero-order chi connectivity index (χ0) is 15.0. The molecule has 2 unspecified atom stereocenters. The first-order valence-electron chi connectivity index (χ1n) is 7.26. The van der Waals surface area contributed by atoms with Crippen molar-refractivity contribution < 1.29 is 9.90 Å². The van der Waals surface area contributed by atoms with Gasteiger partial charge in [-0.1, -0.05) is 48.0 Å². The van der Waals surface area contributed by atoms with Crippen LogP contribution in [-0.2, 0) is 11.2 Å². The van der Waals surface area contributed by atoms with Gasteiger partial charge >= 0.3 is 0 Å². The number of nitrogens with one attached hydrogen (secondary N) is 1. The summed E-state index contributed by atoms with van der Waals surface area (Å²) in [5, 5.41) is 12.0. The van der Waals surface area contributed by atoms with Gasteiger partial charge in [-0.15, -0.1) is 0 Å². The summed E-state index contributed by atoms with van der Waals surface area (Å²) in [5.41, 5.74) is 1.16. The monoisotopic (exact) mass is 341 g/mol. The fourth-order valence-electron chi connectivity index (χ4n) is 2.21. The van der Waals surface area contributed by atoms with Crippen LogP contribution >= 0.6 is 15.9 Å². The molecule has 0 spiro atoms. The Morgan fingerprint density at radius 1 is 1.30 bits per heavy atom. The van der Waals surface area contributed by atoms with Gasteiger partial charge < -0.3 is 10.4 Å². The molecule has 0 saturated carbocycles. The van der Waals surface area contributed by atoms with Gasteiger partial charge in [0, 0.05) is 23.0 Å². The van der Waals surface area contributed by atoms with Crippen molar-refractivity contribution in [3.8, 4) is 0 Å². The van der Waals surface area contributed by atoms with Crippen LogP contribution in [0.1, 0.15) is 38.7 Å². The molecule has 0 heterocycles. The van der Waals surface area contributed by atoms with Crippen molar-refractivity contribution in [2.75, 3.05) is 6.61 Å². The minimum absolute atomic E-state index is 0.0264. The van der Waals surface area contributed by atoms with E-state index in [1.54, 1.807) is 0 Å². The Hall–Kier alpha value is -0.870. The highest BCUT2D eigenvalue weighted by Crippen LogP contribution is 2.21. The molecule has 1 aromatic carbocycles. The second kappa shape index (κ2) is 9.14. The predicted molar refractivity (Wildman–Crippen MR) is 85.6 cm³/mol. The summed E-state index contributed by atoms with van der Waals surface area (Å²) in [6.07, 6.45) is 3.01. The molecule has 0 fully saturated rings. The van der Waals surface area contributed by atoms with E-state index in [1.165, 1.54) is 0 Å². The maximum Gasteiger partial charge on any atom is 0.223 e. The van der Waals surface area contributed by atoms with Crippen LogP contribution in [-0.4, -0.2) is 23.7 Å². The van der Waals surface area contributed by atoms with Gasteiger partial charge in [0.15, 0.2) is 0 Å². The molecule has 0 saturated heterocycles. The van der Waals surface area contributed by atoms with Crippen molar-refractivity contribution in [2.24, 2.45) is 5.92 Å². The van der Waals surface area contributed by atoms with Gasteiger partial charge in [-0.3, -0.25) is 4.79 Å². The van der Waals surface area contributed by atoms with Gasteiger partial charge in [0.1, 0.15) is 0 Å². The lowest BCUT2D eigenvalue weighted by Crippen LogP contribution is -2.39. The number of hydrogen-bond donors (Lipinski definition) is 2. The zero-order valence-electron chi connectivity index (χ0n) is 12.2. The molecule has 0 aliphatic carbocycles. The molecule has 2 atom stereocenters. The Kier molecular flexibility index (Phi) is 7.85. The third-order valence-electron chi connectivity index (χ3n) is 3.60. The maximum atomic E-state index is 12.3. The van der Waals surface area contributed by atoms with Crippen molar-refractivity contribution >= 4 is 21.8 Å². The number of rotatable bonds is 8. The Balaban J connectivity index is 2.66. The van der Waals surface area contributed by atoms with E-state index in [9.17, 15) is 4.79 Å². The summed E-state index contributed by atoms with van der Waals surface area (Å²) in [6.45, 7) is 4.17. The van der Waals surface area contributed by atoms with E-state index in [-0.39, 0.29) is 24.5 Å². The fourth-order valence-corrected chi connectivity index (χ4v) is 2.65. The van der Waals surface area contributed by atoms with Crippen molar-refractivity contribution in [3.63, 3.8) is 0 Å². The molecule has 4 heteroatoms. The Morgan fingerprint density at radius 2 is 2.00 bits per heavy atom. The topological polar surface area (TPSA) is 49.3 Å². The van der Waals surface area contributed by atoms with Crippen LogP contribution in [0.4, 0.5) is 0 Å². The van der Waals surface area contributed by atoms with Crippen LogP contribution < -0.4 is 5.32 Å². The Labute approximate surface area is 129 Å². The summed E-state index contributed by atoms with van der Waals surface area (Å²) in [4.78, 5) is 12.3. The molecule has 0 aliphatic heterocycles. The molecule has 0 aromatic heterocycles. The molecule has 3 nitrogen and oxygen atoms in total. The number of carbonyl (C=O) groups excluding carboxylic acids is 1. The number of aliphatic hydroxyl groups is 1. The largest absolute Gasteiger partial charge is 0.396 e. The van der Waals surface area contributed by atoms with Crippen molar-refractivity contribution in [1.29, 1.82) is 0 Å². The lowest BCUT2D eigenvalue weighted by molar-refractivity contribution is -0.125. The number of amides is 1. The van der Waals surface area contributed by atoms with Gasteiger partial charge in [0.2, 0.25) is 5.91 Å². The first-order valence-corrected chi connectivity index (χ1v) is 8.06. The number of hydrogen-bond acceptors (Lipinski definition) is 2. The van der Waals surface area contributed by atoms with E-state index in [4.69, 9.17) is 5.11 Å². The summed E-state index contributed by atoms with van der Waals surface area (Å²) in [6, 6.07) is 8.08. The summed E-state index contributed by atoms with van der Waals surface area (Å²) >= 11 is 3.53. The number of halogens is 1. The predicted octanol–water partition coefficient (Wildman–Crippen LogP) is 3.30. The Bertz CT molecular complexity index is 423. The fraction of sp³-hybridized carbons (Fsp3) is 0.562. The van der Waals surface area contributed by atoms with Crippen LogP contribution in [0.25, 0.3) is 0 Å². The quantitative estimate of drug-likeness (QED) is 0.762. The van der Waals surface area contributed by atoms with Crippen molar-refractivity contribution in [3.05, 3.63) is 34.3 Å². The first kappa shape index (κ1) is 17.2. The molecule has 20 heavy (non-hydrogen) atoms. The minimum atomic E-state index is -0.0264. The second-order valence-electron chi connectivity index (χ2n) is 5.03. The van der Waals surface area contributed by atoms with Crippen molar-refractivity contribution in [1.82, 2.24) is 5.32 Å². The Morgan fingerprint density at radius 3 is 2.55 bits per heavy atom. The number of carbonyl (C=O) groups is 1. The molecular weight excluding hydrogens is 318 g/mol. The third-order valence-corrected chi connectivity index (χ3v) is 4.38. The zero-order valence-corrected chi connectivity index (χ0v) is 13.8. The van der Waals surface area contributed by atoms with E-state index >= 15 is 0 Å². The highest BCUT2D eigenvalue weighted by atomic mass is 79.9. The van der Waals surface area contributed by atoms with Gasteiger partial charge in [-0.2, -0.15) is 0 Å². The average molecular weight is 342 g/mol. The standard InChI is InChI=1S/C16H24BrNO2/c1-3-12(11-13-7-5-6-8-15(13)17)16(20)18-14(4-2)9-10-19/h5-8,12,14,19H,3-4,9-11H2,1-2H3,(H,18,20). The molecule has 0 radical (unpaired) electrons. The highest BCUT2D eigenvalue weighted by molar-refractivity contribution is 9.10. The summed E-state index contributed by atoms with van der Waals surface area (Å²) in [7, 11) is 0. The molecule has 1 rings (SSSR count). The van der Waals surface area contributed by atoms with Gasteiger partial charge in [0.25, 0.3) is 0 Å². The minimum Gasteiger partial charge on any atom is -0.396 e. The van der Waals surface area contributed by atoms with Gasteiger partial charge in [-0.05, 0) is 37.3 Å². The van der Waals surface area contributed by atoms with Crippen molar-refractivity contribution in [2.45, 2.75) is 45.6 Å².